The number of aryl methyl sites for hydroxylation is 2. The summed E-state index contributed by atoms with van der Waals surface area (Å²) >= 11 is 5.93. The van der Waals surface area contributed by atoms with E-state index in [4.69, 9.17) is 17.0 Å². The number of ether oxygens (including phenoxy) is 1. The highest BCUT2D eigenvalue weighted by Gasteiger charge is 2.72. The Morgan fingerprint density at radius 1 is 0.976 bits per heavy atom. The molecule has 3 amide bonds. The number of hydrogen-bond donors (Lipinski definition) is 0. The SMILES string of the molecule is CC(=O)N1C(=O)[C@]2(C(=S)N(C(=O)OC(C)(C)C)[C@H](C(=O)n3nc(C)cc3C)[C@H]2C(=O)c2ccccc2)c2ccccc21. The van der Waals surface area contributed by atoms with E-state index in [1.807, 2.05) is 0 Å². The fraction of sp³-hybridized carbons (Fsp3) is 0.323. The van der Waals surface area contributed by atoms with E-state index < -0.39 is 52.6 Å². The van der Waals surface area contributed by atoms with Crippen molar-refractivity contribution >= 4 is 52.5 Å². The number of amides is 3. The summed E-state index contributed by atoms with van der Waals surface area (Å²) < 4.78 is 6.80. The van der Waals surface area contributed by atoms with Crippen LogP contribution in [-0.2, 0) is 19.7 Å². The number of thiocarbonyl (C=S) groups is 1. The lowest BCUT2D eigenvalue weighted by molar-refractivity contribution is -0.127. The van der Waals surface area contributed by atoms with Gasteiger partial charge in [-0.2, -0.15) is 5.10 Å². The molecule has 0 N–H and O–H groups in total. The summed E-state index contributed by atoms with van der Waals surface area (Å²) in [4.78, 5) is 72.0. The lowest BCUT2D eigenvalue weighted by Crippen LogP contribution is -2.53. The maximum absolute atomic E-state index is 14.6. The smallest absolute Gasteiger partial charge is 0.416 e. The third kappa shape index (κ3) is 4.27. The Balaban J connectivity index is 1.86. The molecule has 10 nitrogen and oxygen atoms in total. The minimum Gasteiger partial charge on any atom is -0.443 e. The van der Waals surface area contributed by atoms with E-state index >= 15 is 0 Å². The molecule has 0 radical (unpaired) electrons. The number of benzene rings is 2. The van der Waals surface area contributed by atoms with Gasteiger partial charge in [-0.25, -0.2) is 14.4 Å². The highest BCUT2D eigenvalue weighted by molar-refractivity contribution is 7.80. The zero-order valence-corrected chi connectivity index (χ0v) is 24.9. The molecule has 2 aromatic carbocycles. The van der Waals surface area contributed by atoms with Gasteiger partial charge in [0.15, 0.2) is 5.78 Å². The first kappa shape index (κ1) is 29.0. The Kier molecular flexibility index (Phi) is 6.97. The maximum atomic E-state index is 14.6. The molecule has 0 saturated carbocycles. The number of rotatable bonds is 3. The number of Topliss-reactive ketones (excluding diaryl/α,β-unsaturated/α-hetero) is 1. The first-order chi connectivity index (χ1) is 19.7. The van der Waals surface area contributed by atoms with Gasteiger partial charge in [-0.15, -0.1) is 0 Å². The van der Waals surface area contributed by atoms with E-state index in [9.17, 15) is 24.0 Å². The Bertz CT molecular complexity index is 1670. The van der Waals surface area contributed by atoms with Gasteiger partial charge in [0.25, 0.3) is 11.8 Å². The summed E-state index contributed by atoms with van der Waals surface area (Å²) in [6.45, 7) is 9.55. The molecule has 0 aliphatic carbocycles. The molecule has 1 aromatic heterocycles. The minimum atomic E-state index is -2.04. The van der Waals surface area contributed by atoms with E-state index in [-0.39, 0.29) is 21.8 Å². The predicted molar refractivity (Wildman–Crippen MR) is 157 cm³/mol. The average molecular weight is 587 g/mol. The molecule has 1 spiro atoms. The van der Waals surface area contributed by atoms with Gasteiger partial charge in [0.1, 0.15) is 22.0 Å². The minimum absolute atomic E-state index is 0.202. The van der Waals surface area contributed by atoms with Crippen LogP contribution in [0.2, 0.25) is 0 Å². The van der Waals surface area contributed by atoms with Crippen molar-refractivity contribution in [2.24, 2.45) is 5.92 Å². The van der Waals surface area contributed by atoms with Crippen molar-refractivity contribution in [2.75, 3.05) is 4.90 Å². The third-order valence-electron chi connectivity index (χ3n) is 7.44. The number of imide groups is 1. The van der Waals surface area contributed by atoms with E-state index in [0.29, 0.717) is 11.4 Å². The monoisotopic (exact) mass is 586 g/mol. The van der Waals surface area contributed by atoms with Gasteiger partial charge >= 0.3 is 6.09 Å². The Hall–Kier alpha value is -4.51. The predicted octanol–water partition coefficient (Wildman–Crippen LogP) is 4.42. The zero-order valence-electron chi connectivity index (χ0n) is 24.1. The molecule has 1 fully saturated rings. The van der Waals surface area contributed by atoms with E-state index in [1.54, 1.807) is 95.3 Å². The van der Waals surface area contributed by atoms with Crippen LogP contribution in [0.3, 0.4) is 0 Å². The van der Waals surface area contributed by atoms with Gasteiger partial charge in [-0.05, 0) is 52.3 Å². The topological polar surface area (TPSA) is 119 Å². The molecule has 0 bridgehead atoms. The van der Waals surface area contributed by atoms with Crippen molar-refractivity contribution in [1.29, 1.82) is 0 Å². The summed E-state index contributed by atoms with van der Waals surface area (Å²) in [6.07, 6.45) is -0.998. The summed E-state index contributed by atoms with van der Waals surface area (Å²) in [6, 6.07) is 14.7. The molecule has 1 saturated heterocycles. The van der Waals surface area contributed by atoms with Crippen LogP contribution in [-0.4, -0.2) is 60.9 Å². The summed E-state index contributed by atoms with van der Waals surface area (Å²) in [5, 5.41) is 4.32. The van der Waals surface area contributed by atoms with Crippen LogP contribution < -0.4 is 4.90 Å². The van der Waals surface area contributed by atoms with E-state index in [0.717, 1.165) is 14.5 Å². The third-order valence-corrected chi connectivity index (χ3v) is 7.96. The van der Waals surface area contributed by atoms with Crippen LogP contribution in [0, 0.1) is 19.8 Å². The largest absolute Gasteiger partial charge is 0.443 e. The van der Waals surface area contributed by atoms with E-state index in [1.165, 1.54) is 6.92 Å². The van der Waals surface area contributed by atoms with Crippen molar-refractivity contribution in [3.63, 3.8) is 0 Å². The normalized spacial score (nSPS) is 21.6. The van der Waals surface area contributed by atoms with Crippen LogP contribution in [0.5, 0.6) is 0 Å². The fourth-order valence-electron chi connectivity index (χ4n) is 5.92. The number of carbonyl (C=O) groups excluding carboxylic acids is 5. The second kappa shape index (κ2) is 10.1. The Labute approximate surface area is 248 Å². The molecular weight excluding hydrogens is 556 g/mol. The molecule has 42 heavy (non-hydrogen) atoms. The van der Waals surface area contributed by atoms with Gasteiger partial charge in [0, 0.05) is 18.2 Å². The second-order valence-corrected chi connectivity index (χ2v) is 11.9. The van der Waals surface area contributed by atoms with Crippen molar-refractivity contribution in [1.82, 2.24) is 14.7 Å². The van der Waals surface area contributed by atoms with Crippen LogP contribution in [0.1, 0.15) is 59.8 Å². The molecular formula is C31H30N4O6S. The van der Waals surface area contributed by atoms with Crippen LogP contribution in [0.15, 0.2) is 60.7 Å². The maximum Gasteiger partial charge on any atom is 0.416 e. The molecule has 3 heterocycles. The number of para-hydroxylation sites is 1. The van der Waals surface area contributed by atoms with Crippen molar-refractivity contribution in [3.05, 3.63) is 83.2 Å². The standard InChI is InChI=1S/C31H30N4O6S/c1-17-16-18(2)35(32-17)26(38)24-23(25(37)20-12-8-7-9-13-20)31(28(42)34(24)29(40)41-30(4,5)6)21-14-10-11-15-22(21)33(19(3)36)27(31)39/h7-16,23-24H,1-6H3/t23-,24-,31-/m0/s1. The van der Waals surface area contributed by atoms with Crippen molar-refractivity contribution in [3.8, 4) is 0 Å². The van der Waals surface area contributed by atoms with E-state index in [2.05, 4.69) is 5.10 Å². The molecule has 2 aliphatic rings. The van der Waals surface area contributed by atoms with Gasteiger partial charge in [0.2, 0.25) is 5.91 Å². The lowest BCUT2D eigenvalue weighted by Gasteiger charge is -2.29. The highest BCUT2D eigenvalue weighted by atomic mass is 32.1. The first-order valence-electron chi connectivity index (χ1n) is 13.4. The van der Waals surface area contributed by atoms with Crippen molar-refractivity contribution < 1.29 is 28.7 Å². The molecule has 216 valence electrons. The Morgan fingerprint density at radius 3 is 2.17 bits per heavy atom. The molecule has 5 rings (SSSR count). The lowest BCUT2D eigenvalue weighted by atomic mass is 9.68. The molecule has 2 aliphatic heterocycles. The summed E-state index contributed by atoms with van der Waals surface area (Å²) in [5.41, 5.74) is -1.37. The number of fused-ring (bicyclic) bond motifs is 2. The number of carbonyl (C=O) groups is 5. The zero-order chi connectivity index (χ0) is 30.7. The van der Waals surface area contributed by atoms with Gasteiger partial charge < -0.3 is 4.74 Å². The van der Waals surface area contributed by atoms with Crippen LogP contribution >= 0.6 is 12.2 Å². The first-order valence-corrected chi connectivity index (χ1v) is 13.8. The molecule has 3 atom stereocenters. The quantitative estimate of drug-likeness (QED) is 0.327. The van der Waals surface area contributed by atoms with Crippen LogP contribution in [0.4, 0.5) is 10.5 Å². The van der Waals surface area contributed by atoms with Gasteiger partial charge in [0.05, 0.1) is 17.3 Å². The second-order valence-electron chi connectivity index (χ2n) is 11.5. The number of ketones is 1. The molecule has 0 unspecified atom stereocenters. The number of anilines is 1. The van der Waals surface area contributed by atoms with Gasteiger partial charge in [-0.1, -0.05) is 60.7 Å². The highest BCUT2D eigenvalue weighted by Crippen LogP contribution is 2.55. The molecule has 11 heteroatoms. The fourth-order valence-corrected chi connectivity index (χ4v) is 6.43. The summed E-state index contributed by atoms with van der Waals surface area (Å²) in [7, 11) is 0. The van der Waals surface area contributed by atoms with Gasteiger partial charge in [-0.3, -0.25) is 24.1 Å². The number of aromatic nitrogens is 2. The number of hydrogen-bond acceptors (Lipinski definition) is 8. The van der Waals surface area contributed by atoms with Crippen LogP contribution in [0.25, 0.3) is 0 Å². The molecule has 3 aromatic rings. The average Bonchev–Trinajstić information content (AvgIpc) is 3.50. The number of nitrogens with zero attached hydrogens (tertiary/aromatic N) is 4. The Morgan fingerprint density at radius 2 is 1.60 bits per heavy atom. The summed E-state index contributed by atoms with van der Waals surface area (Å²) in [5.74, 6) is -4.30. The number of likely N-dealkylation sites (tertiary alicyclic amines) is 1. The van der Waals surface area contributed by atoms with Crippen molar-refractivity contribution in [2.45, 2.75) is 58.6 Å².